The molecule has 9 aromatic rings. The summed E-state index contributed by atoms with van der Waals surface area (Å²) in [7, 11) is 0. The van der Waals surface area contributed by atoms with Crippen molar-refractivity contribution in [1.29, 1.82) is 0 Å². The van der Waals surface area contributed by atoms with Crippen LogP contribution in [0.25, 0.3) is 71.3 Å². The average Bonchev–Trinajstić information content (AvgIpc) is 3.55. The van der Waals surface area contributed by atoms with Crippen LogP contribution in [-0.4, -0.2) is 0 Å². The van der Waals surface area contributed by atoms with Gasteiger partial charge in [0.05, 0.1) is 5.41 Å². The maximum atomic E-state index is 6.16. The molecule has 1 unspecified atom stereocenters. The Bertz CT molecular complexity index is 3160. The van der Waals surface area contributed by atoms with Crippen molar-refractivity contribution in [3.05, 3.63) is 216 Å². The molecule has 1 atom stereocenters. The first kappa shape index (κ1) is 32.6. The second kappa shape index (κ2) is 12.4. The van der Waals surface area contributed by atoms with Crippen LogP contribution < -0.4 is 5.73 Å². The van der Waals surface area contributed by atoms with Crippen molar-refractivity contribution in [2.45, 2.75) is 28.0 Å². The van der Waals surface area contributed by atoms with Gasteiger partial charge in [-0.25, -0.2) is 0 Å². The molecule has 0 aromatic heterocycles. The van der Waals surface area contributed by atoms with Crippen LogP contribution in [0.2, 0.25) is 0 Å². The Morgan fingerprint density at radius 1 is 0.456 bits per heavy atom. The molecular formula is C55H37NS. The molecule has 0 radical (unpaired) electrons. The number of allylic oxidation sites excluding steroid dienone is 4. The number of benzene rings is 9. The average molecular weight is 744 g/mol. The Labute approximate surface area is 336 Å². The van der Waals surface area contributed by atoms with Crippen molar-refractivity contribution in [2.75, 3.05) is 5.73 Å². The third-order valence-corrected chi connectivity index (χ3v) is 13.9. The van der Waals surface area contributed by atoms with E-state index in [-0.39, 0.29) is 0 Å². The first-order valence-corrected chi connectivity index (χ1v) is 20.7. The van der Waals surface area contributed by atoms with Crippen LogP contribution in [0.3, 0.4) is 0 Å². The Hall–Kier alpha value is -6.61. The van der Waals surface area contributed by atoms with E-state index in [1.54, 1.807) is 0 Å². The molecule has 2 N–H and O–H groups in total. The second-order valence-corrected chi connectivity index (χ2v) is 16.8. The summed E-state index contributed by atoms with van der Waals surface area (Å²) in [6.07, 6.45) is 6.82. The molecule has 0 saturated heterocycles. The lowest BCUT2D eigenvalue weighted by atomic mass is 9.64. The Kier molecular flexibility index (Phi) is 7.12. The van der Waals surface area contributed by atoms with Crippen molar-refractivity contribution < 1.29 is 0 Å². The Morgan fingerprint density at radius 3 is 1.79 bits per heavy atom. The summed E-state index contributed by atoms with van der Waals surface area (Å²) in [4.78, 5) is 2.66. The van der Waals surface area contributed by atoms with Gasteiger partial charge in [0.15, 0.2) is 0 Å². The molecule has 12 rings (SSSR count). The maximum absolute atomic E-state index is 6.16. The summed E-state index contributed by atoms with van der Waals surface area (Å²) in [5.74, 6) is 0. The van der Waals surface area contributed by atoms with Crippen LogP contribution in [0, 0.1) is 0 Å². The highest BCUT2D eigenvalue weighted by Gasteiger charge is 2.51. The summed E-state index contributed by atoms with van der Waals surface area (Å²) >= 11 is 1.92. The topological polar surface area (TPSA) is 26.0 Å². The van der Waals surface area contributed by atoms with E-state index in [9.17, 15) is 0 Å². The first-order valence-electron chi connectivity index (χ1n) is 19.9. The van der Waals surface area contributed by atoms with Crippen LogP contribution >= 0.6 is 11.8 Å². The van der Waals surface area contributed by atoms with Gasteiger partial charge in [-0.1, -0.05) is 157 Å². The smallest absolute Gasteiger partial charge is 0.0698 e. The van der Waals surface area contributed by atoms with Crippen LogP contribution in [0.4, 0.5) is 5.69 Å². The largest absolute Gasteiger partial charge is 0.399 e. The second-order valence-electron chi connectivity index (χ2n) is 15.7. The van der Waals surface area contributed by atoms with Crippen molar-refractivity contribution in [3.63, 3.8) is 0 Å². The highest BCUT2D eigenvalue weighted by Crippen LogP contribution is 2.64. The van der Waals surface area contributed by atoms with Crippen LogP contribution in [0.5, 0.6) is 0 Å². The molecule has 0 saturated carbocycles. The van der Waals surface area contributed by atoms with Crippen LogP contribution in [0.1, 0.15) is 35.1 Å². The molecule has 2 aliphatic carbocycles. The van der Waals surface area contributed by atoms with E-state index in [4.69, 9.17) is 5.73 Å². The lowest BCUT2D eigenvalue weighted by Crippen LogP contribution is -2.33. The zero-order valence-corrected chi connectivity index (χ0v) is 32.1. The lowest BCUT2D eigenvalue weighted by molar-refractivity contribution is 0.664. The molecule has 0 fully saturated rings. The van der Waals surface area contributed by atoms with E-state index in [1.165, 1.54) is 109 Å². The predicted octanol–water partition coefficient (Wildman–Crippen LogP) is 14.6. The minimum absolute atomic E-state index is 0.428. The van der Waals surface area contributed by atoms with Crippen LogP contribution in [-0.2, 0) is 5.41 Å². The van der Waals surface area contributed by atoms with Gasteiger partial charge in [-0.05, 0) is 154 Å². The van der Waals surface area contributed by atoms with Gasteiger partial charge in [-0.15, -0.1) is 0 Å². The molecule has 1 aliphatic heterocycles. The molecule has 1 spiro atoms. The molecule has 1 nitrogen and oxygen atoms in total. The zero-order valence-electron chi connectivity index (χ0n) is 31.3. The summed E-state index contributed by atoms with van der Waals surface area (Å²) in [6.45, 7) is 0. The number of nitrogens with two attached hydrogens (primary N) is 1. The fourth-order valence-corrected chi connectivity index (χ4v) is 11.5. The number of rotatable bonds is 3. The van der Waals surface area contributed by atoms with E-state index >= 15 is 0 Å². The molecule has 0 amide bonds. The van der Waals surface area contributed by atoms with Gasteiger partial charge in [0, 0.05) is 15.5 Å². The third-order valence-electron chi connectivity index (χ3n) is 12.7. The molecule has 1 heterocycles. The minimum atomic E-state index is -0.428. The summed E-state index contributed by atoms with van der Waals surface area (Å²) in [5, 5.41) is 7.61. The standard InChI is InChI=1S/C55H37NS/c56-40-27-23-35(24-28-40)37-25-29-42-41-13-7-8-18-47(41)55(49(42)32-37)48-19-9-10-20-51(48)57-52-30-26-39(33-50(52)55)54-45-16-5-3-14-43(45)53(44-15-4-6-17-46(44)54)38-22-21-34-11-1-2-12-36(34)31-38/h1-7,9-17,19-33H,8,18,56H2. The maximum Gasteiger partial charge on any atom is 0.0698 e. The number of nitrogen functional groups attached to an aromatic ring is 1. The summed E-state index contributed by atoms with van der Waals surface area (Å²) in [6, 6.07) is 65.7. The normalized spacial score (nSPS) is 16.6. The molecule has 9 aromatic carbocycles. The van der Waals surface area contributed by atoms with Crippen molar-refractivity contribution in [3.8, 4) is 33.4 Å². The molecule has 57 heavy (non-hydrogen) atoms. The van der Waals surface area contributed by atoms with Gasteiger partial charge in [-0.2, -0.15) is 0 Å². The van der Waals surface area contributed by atoms with Gasteiger partial charge >= 0.3 is 0 Å². The Balaban J connectivity index is 1.15. The van der Waals surface area contributed by atoms with E-state index in [0.717, 1.165) is 18.5 Å². The fraction of sp³-hybridized carbons (Fsp3) is 0.0545. The number of anilines is 1. The Morgan fingerprint density at radius 2 is 1.04 bits per heavy atom. The quantitative estimate of drug-likeness (QED) is 0.144. The van der Waals surface area contributed by atoms with Crippen molar-refractivity contribution in [2.24, 2.45) is 0 Å². The SMILES string of the molecule is Nc1ccc(-c2ccc3c(c2)C2(C4=C3C=CCC4)c3ccccc3Sc3ccc(-c4c5ccccc5c(-c5ccc6ccccc6c5)c5ccccc45)cc32)cc1. The molecule has 3 aliphatic rings. The van der Waals surface area contributed by atoms with Gasteiger partial charge in [0.2, 0.25) is 0 Å². The molecule has 2 heteroatoms. The monoisotopic (exact) mass is 743 g/mol. The van der Waals surface area contributed by atoms with E-state index in [2.05, 4.69) is 176 Å². The van der Waals surface area contributed by atoms with E-state index in [1.807, 2.05) is 23.9 Å². The van der Waals surface area contributed by atoms with E-state index in [0.29, 0.717) is 0 Å². The lowest BCUT2D eigenvalue weighted by Gasteiger charge is -2.42. The summed E-state index contributed by atoms with van der Waals surface area (Å²) < 4.78 is 0. The predicted molar refractivity (Wildman–Crippen MR) is 242 cm³/mol. The molecule has 268 valence electrons. The highest BCUT2D eigenvalue weighted by molar-refractivity contribution is 7.99. The van der Waals surface area contributed by atoms with Gasteiger partial charge in [0.25, 0.3) is 0 Å². The summed E-state index contributed by atoms with van der Waals surface area (Å²) in [5.41, 5.74) is 22.4. The molecular weight excluding hydrogens is 707 g/mol. The minimum Gasteiger partial charge on any atom is -0.399 e. The van der Waals surface area contributed by atoms with Crippen LogP contribution in [0.15, 0.2) is 203 Å². The van der Waals surface area contributed by atoms with Gasteiger partial charge in [0.1, 0.15) is 0 Å². The van der Waals surface area contributed by atoms with Gasteiger partial charge < -0.3 is 5.73 Å². The van der Waals surface area contributed by atoms with E-state index < -0.39 is 5.41 Å². The van der Waals surface area contributed by atoms with Crippen molar-refractivity contribution in [1.82, 2.24) is 0 Å². The third kappa shape index (κ3) is 4.71. The number of fused-ring (bicyclic) bond motifs is 11. The molecule has 0 bridgehead atoms. The van der Waals surface area contributed by atoms with Crippen molar-refractivity contribution >= 4 is 55.3 Å². The highest BCUT2D eigenvalue weighted by atomic mass is 32.2. The number of hydrogen-bond acceptors (Lipinski definition) is 2. The number of hydrogen-bond donors (Lipinski definition) is 1. The first-order chi connectivity index (χ1) is 28.2. The van der Waals surface area contributed by atoms with Gasteiger partial charge in [-0.3, -0.25) is 0 Å². The zero-order chi connectivity index (χ0) is 37.7. The fourth-order valence-electron chi connectivity index (χ4n) is 10.3.